The predicted octanol–water partition coefficient (Wildman–Crippen LogP) is 0.654. The van der Waals surface area contributed by atoms with Gasteiger partial charge < -0.3 is 10.5 Å². The minimum Gasteiger partial charge on any atom is -0.381 e. The van der Waals surface area contributed by atoms with E-state index in [1.807, 2.05) is 6.07 Å². The van der Waals surface area contributed by atoms with E-state index in [-0.39, 0.29) is 6.04 Å². The van der Waals surface area contributed by atoms with Crippen molar-refractivity contribution in [3.8, 4) is 6.07 Å². The van der Waals surface area contributed by atoms with E-state index >= 15 is 0 Å². The highest BCUT2D eigenvalue weighted by atomic mass is 16.5. The molecular formula is C8H14N2O. The second-order valence-electron chi connectivity index (χ2n) is 3.03. The van der Waals surface area contributed by atoms with Crippen LogP contribution < -0.4 is 5.73 Å². The Morgan fingerprint density at radius 3 is 2.73 bits per heavy atom. The van der Waals surface area contributed by atoms with Crippen molar-refractivity contribution in [2.75, 3.05) is 13.2 Å². The van der Waals surface area contributed by atoms with Crippen molar-refractivity contribution < 1.29 is 4.74 Å². The summed E-state index contributed by atoms with van der Waals surface area (Å²) in [6.07, 6.45) is 2.96. The average Bonchev–Trinajstić information content (AvgIpc) is 2.06. The zero-order valence-electron chi connectivity index (χ0n) is 6.62. The summed E-state index contributed by atoms with van der Waals surface area (Å²) in [7, 11) is 0. The van der Waals surface area contributed by atoms with Crippen LogP contribution in [0.15, 0.2) is 0 Å². The Morgan fingerprint density at radius 2 is 2.18 bits per heavy atom. The van der Waals surface area contributed by atoms with Gasteiger partial charge in [-0.25, -0.2) is 0 Å². The number of rotatable bonds is 2. The Kier molecular flexibility index (Phi) is 3.34. The molecule has 0 amide bonds. The van der Waals surface area contributed by atoms with Crippen molar-refractivity contribution >= 4 is 0 Å². The van der Waals surface area contributed by atoms with Crippen LogP contribution in [-0.2, 0) is 4.74 Å². The zero-order valence-corrected chi connectivity index (χ0v) is 6.62. The zero-order chi connectivity index (χ0) is 8.10. The lowest BCUT2D eigenvalue weighted by atomic mass is 9.93. The number of hydrogen-bond donors (Lipinski definition) is 1. The summed E-state index contributed by atoms with van der Waals surface area (Å²) in [4.78, 5) is 0. The van der Waals surface area contributed by atoms with Gasteiger partial charge in [-0.05, 0) is 25.2 Å². The summed E-state index contributed by atoms with van der Waals surface area (Å²) in [6, 6.07) is 1.77. The molecule has 1 unspecified atom stereocenters. The molecule has 1 aliphatic heterocycles. The van der Waals surface area contributed by atoms with Gasteiger partial charge in [0.1, 0.15) is 0 Å². The standard InChI is InChI=1S/C8H14N2O/c9-6-8(10)5-7-1-3-11-4-2-7/h7-8H,1-5,10H2. The molecule has 0 spiro atoms. The van der Waals surface area contributed by atoms with E-state index in [1.165, 1.54) is 0 Å². The van der Waals surface area contributed by atoms with E-state index in [0.717, 1.165) is 32.5 Å². The van der Waals surface area contributed by atoms with E-state index in [9.17, 15) is 0 Å². The molecule has 0 aromatic carbocycles. The van der Waals surface area contributed by atoms with Gasteiger partial charge in [0.15, 0.2) is 0 Å². The first-order chi connectivity index (χ1) is 5.33. The van der Waals surface area contributed by atoms with Crippen molar-refractivity contribution in [1.82, 2.24) is 0 Å². The number of nitrogens with zero attached hydrogens (tertiary/aromatic N) is 1. The molecule has 0 saturated carbocycles. The van der Waals surface area contributed by atoms with Gasteiger partial charge in [-0.15, -0.1) is 0 Å². The molecule has 0 aromatic heterocycles. The highest BCUT2D eigenvalue weighted by Crippen LogP contribution is 2.18. The van der Waals surface area contributed by atoms with Crippen LogP contribution >= 0.6 is 0 Å². The van der Waals surface area contributed by atoms with Crippen molar-refractivity contribution in [3.05, 3.63) is 0 Å². The molecule has 0 radical (unpaired) electrons. The molecule has 1 saturated heterocycles. The van der Waals surface area contributed by atoms with E-state index in [2.05, 4.69) is 0 Å². The molecule has 3 heteroatoms. The minimum atomic E-state index is -0.280. The summed E-state index contributed by atoms with van der Waals surface area (Å²) in [6.45, 7) is 1.67. The Labute approximate surface area is 67.1 Å². The average molecular weight is 154 g/mol. The number of hydrogen-bond acceptors (Lipinski definition) is 3. The largest absolute Gasteiger partial charge is 0.381 e. The second kappa shape index (κ2) is 4.32. The van der Waals surface area contributed by atoms with Gasteiger partial charge in [0.2, 0.25) is 0 Å². The minimum absolute atomic E-state index is 0.280. The molecule has 2 N–H and O–H groups in total. The first-order valence-electron chi connectivity index (χ1n) is 4.06. The van der Waals surface area contributed by atoms with Crippen LogP contribution in [0, 0.1) is 17.2 Å². The first kappa shape index (κ1) is 8.51. The van der Waals surface area contributed by atoms with Crippen molar-refractivity contribution in [2.24, 2.45) is 11.7 Å². The second-order valence-corrected chi connectivity index (χ2v) is 3.03. The maximum atomic E-state index is 8.46. The summed E-state index contributed by atoms with van der Waals surface area (Å²) < 4.78 is 5.19. The van der Waals surface area contributed by atoms with Gasteiger partial charge in [-0.1, -0.05) is 0 Å². The Balaban J connectivity index is 2.20. The molecule has 1 atom stereocenters. The molecule has 1 heterocycles. The van der Waals surface area contributed by atoms with Crippen LogP contribution in [0.1, 0.15) is 19.3 Å². The lowest BCUT2D eigenvalue weighted by Gasteiger charge is -2.22. The van der Waals surface area contributed by atoms with Gasteiger partial charge in [0.05, 0.1) is 12.1 Å². The van der Waals surface area contributed by atoms with Crippen molar-refractivity contribution in [2.45, 2.75) is 25.3 Å². The van der Waals surface area contributed by atoms with Crippen molar-refractivity contribution in [3.63, 3.8) is 0 Å². The van der Waals surface area contributed by atoms with Crippen LogP contribution in [0.2, 0.25) is 0 Å². The van der Waals surface area contributed by atoms with Crippen LogP contribution in [0.25, 0.3) is 0 Å². The number of ether oxygens (including phenoxy) is 1. The third-order valence-corrected chi connectivity index (χ3v) is 2.09. The molecule has 0 aromatic rings. The van der Waals surface area contributed by atoms with Crippen molar-refractivity contribution in [1.29, 1.82) is 5.26 Å². The van der Waals surface area contributed by atoms with E-state index < -0.39 is 0 Å². The van der Waals surface area contributed by atoms with Crippen LogP contribution in [0.4, 0.5) is 0 Å². The molecule has 1 aliphatic rings. The van der Waals surface area contributed by atoms with E-state index in [4.69, 9.17) is 15.7 Å². The molecular weight excluding hydrogens is 140 g/mol. The van der Waals surface area contributed by atoms with Crippen LogP contribution in [-0.4, -0.2) is 19.3 Å². The van der Waals surface area contributed by atoms with Crippen LogP contribution in [0.3, 0.4) is 0 Å². The smallest absolute Gasteiger partial charge is 0.0930 e. The molecule has 0 bridgehead atoms. The lowest BCUT2D eigenvalue weighted by molar-refractivity contribution is 0.0632. The van der Waals surface area contributed by atoms with E-state index in [1.54, 1.807) is 0 Å². The van der Waals surface area contributed by atoms with Gasteiger partial charge in [0, 0.05) is 13.2 Å². The van der Waals surface area contributed by atoms with Gasteiger partial charge in [-0.3, -0.25) is 0 Å². The van der Waals surface area contributed by atoms with Gasteiger partial charge >= 0.3 is 0 Å². The highest BCUT2D eigenvalue weighted by molar-refractivity contribution is 4.88. The van der Waals surface area contributed by atoms with Gasteiger partial charge in [0.25, 0.3) is 0 Å². The number of nitrogens with two attached hydrogens (primary N) is 1. The maximum absolute atomic E-state index is 8.46. The predicted molar refractivity (Wildman–Crippen MR) is 41.7 cm³/mol. The Hall–Kier alpha value is -0.590. The monoisotopic (exact) mass is 154 g/mol. The fraction of sp³-hybridized carbons (Fsp3) is 0.875. The molecule has 62 valence electrons. The quantitative estimate of drug-likeness (QED) is 0.635. The molecule has 11 heavy (non-hydrogen) atoms. The highest BCUT2D eigenvalue weighted by Gasteiger charge is 2.16. The topological polar surface area (TPSA) is 59.0 Å². The molecule has 0 aliphatic carbocycles. The lowest BCUT2D eigenvalue weighted by Crippen LogP contribution is -2.25. The molecule has 1 rings (SSSR count). The summed E-state index contributed by atoms with van der Waals surface area (Å²) in [5.74, 6) is 0.610. The first-order valence-corrected chi connectivity index (χ1v) is 4.06. The fourth-order valence-electron chi connectivity index (χ4n) is 1.39. The summed E-state index contributed by atoms with van der Waals surface area (Å²) >= 11 is 0. The number of nitriles is 1. The van der Waals surface area contributed by atoms with E-state index in [0.29, 0.717) is 5.92 Å². The summed E-state index contributed by atoms with van der Waals surface area (Å²) in [5.41, 5.74) is 5.50. The molecule has 1 fully saturated rings. The van der Waals surface area contributed by atoms with Gasteiger partial charge in [-0.2, -0.15) is 5.26 Å². The normalized spacial score (nSPS) is 22.5. The van der Waals surface area contributed by atoms with Crippen LogP contribution in [0.5, 0.6) is 0 Å². The Morgan fingerprint density at radius 1 is 1.55 bits per heavy atom. The Bertz CT molecular complexity index is 147. The maximum Gasteiger partial charge on any atom is 0.0930 e. The third kappa shape index (κ3) is 2.87. The SMILES string of the molecule is N#CC(N)CC1CCOCC1. The molecule has 3 nitrogen and oxygen atoms in total. The summed E-state index contributed by atoms with van der Waals surface area (Å²) in [5, 5.41) is 8.46. The third-order valence-electron chi connectivity index (χ3n) is 2.09. The fourth-order valence-corrected chi connectivity index (χ4v) is 1.39.